The van der Waals surface area contributed by atoms with E-state index in [4.69, 9.17) is 15.0 Å². The van der Waals surface area contributed by atoms with Crippen molar-refractivity contribution in [3.05, 3.63) is 254 Å². The Morgan fingerprint density at radius 1 is 0.319 bits per heavy atom. The molecular formula is C65H46N4. The van der Waals surface area contributed by atoms with Gasteiger partial charge in [0.05, 0.1) is 22.9 Å². The van der Waals surface area contributed by atoms with Crippen molar-refractivity contribution < 1.29 is 0 Å². The topological polar surface area (TPSA) is 43.6 Å². The summed E-state index contributed by atoms with van der Waals surface area (Å²) in [4.78, 5) is 15.8. The van der Waals surface area contributed by atoms with Crippen LogP contribution in [0.1, 0.15) is 11.4 Å². The largest absolute Gasteiger partial charge is 0.292 e. The molecule has 0 aliphatic heterocycles. The number of aromatic nitrogens is 4. The first-order valence-electron chi connectivity index (χ1n) is 23.5. The van der Waals surface area contributed by atoms with Gasteiger partial charge in [-0.05, 0) is 111 Å². The highest BCUT2D eigenvalue weighted by Gasteiger charge is 2.29. The minimum atomic E-state index is 0.807. The van der Waals surface area contributed by atoms with Gasteiger partial charge in [-0.2, -0.15) is 0 Å². The van der Waals surface area contributed by atoms with E-state index < -0.39 is 0 Å². The van der Waals surface area contributed by atoms with Gasteiger partial charge in [-0.1, -0.05) is 200 Å². The van der Waals surface area contributed by atoms with Gasteiger partial charge in [-0.3, -0.25) is 14.5 Å². The van der Waals surface area contributed by atoms with Crippen LogP contribution in [0.2, 0.25) is 0 Å². The van der Waals surface area contributed by atoms with Crippen molar-refractivity contribution in [3.63, 3.8) is 0 Å². The Balaban J connectivity index is 1.34. The molecule has 4 aromatic heterocycles. The van der Waals surface area contributed by atoms with Crippen molar-refractivity contribution in [3.8, 4) is 95.0 Å². The van der Waals surface area contributed by atoms with Crippen LogP contribution in [0.25, 0.3) is 117 Å². The van der Waals surface area contributed by atoms with Gasteiger partial charge in [0.25, 0.3) is 0 Å². The lowest BCUT2D eigenvalue weighted by Gasteiger charge is -2.26. The molecule has 0 N–H and O–H groups in total. The Kier molecular flexibility index (Phi) is 10.6. The first-order valence-corrected chi connectivity index (χ1v) is 23.5. The summed E-state index contributed by atoms with van der Waals surface area (Å²) >= 11 is 0. The average Bonchev–Trinajstić information content (AvgIpc) is 3.75. The highest BCUT2D eigenvalue weighted by Crippen LogP contribution is 2.51. The molecule has 0 unspecified atom stereocenters. The van der Waals surface area contributed by atoms with E-state index in [9.17, 15) is 0 Å². The van der Waals surface area contributed by atoms with Gasteiger partial charge in [0.2, 0.25) is 0 Å². The molecule has 69 heavy (non-hydrogen) atoms. The van der Waals surface area contributed by atoms with E-state index in [0.717, 1.165) is 128 Å². The Morgan fingerprint density at radius 3 is 1.32 bits per heavy atom. The maximum absolute atomic E-state index is 6.15. The lowest BCUT2D eigenvalue weighted by molar-refractivity contribution is 1.08. The molecule has 0 spiro atoms. The third-order valence-corrected chi connectivity index (χ3v) is 13.3. The molecule has 12 aromatic rings. The molecule has 0 saturated heterocycles. The molecule has 4 heteroatoms. The van der Waals surface area contributed by atoms with Crippen molar-refractivity contribution in [2.45, 2.75) is 13.8 Å². The Labute approximate surface area is 402 Å². The molecule has 0 aliphatic rings. The van der Waals surface area contributed by atoms with Gasteiger partial charge in [0, 0.05) is 45.0 Å². The van der Waals surface area contributed by atoms with Crippen LogP contribution in [0.4, 0.5) is 0 Å². The highest BCUT2D eigenvalue weighted by molar-refractivity contribution is 6.12. The molecule has 4 heterocycles. The van der Waals surface area contributed by atoms with Crippen LogP contribution >= 0.6 is 0 Å². The SMILES string of the molecule is Cc1cc(-c2ccccc2-c2cc(-c3c(-c4ccccc4)cccc3-c3ccccc3)nc(-n3c4ccccc4c4ccncc43)c2-c2c(-c3ccccc3)cccc2-c2ccccc2)cc(C)n1. The zero-order valence-corrected chi connectivity index (χ0v) is 38.4. The number of para-hydroxylation sites is 1. The summed E-state index contributed by atoms with van der Waals surface area (Å²) in [5.41, 5.74) is 21.2. The molecule has 0 fully saturated rings. The smallest absolute Gasteiger partial charge is 0.146 e. The van der Waals surface area contributed by atoms with Gasteiger partial charge < -0.3 is 0 Å². The summed E-state index contributed by atoms with van der Waals surface area (Å²) in [6.07, 6.45) is 3.89. The molecular weight excluding hydrogens is 837 g/mol. The lowest BCUT2D eigenvalue weighted by Crippen LogP contribution is -2.07. The van der Waals surface area contributed by atoms with Crippen molar-refractivity contribution >= 4 is 21.8 Å². The van der Waals surface area contributed by atoms with Gasteiger partial charge in [-0.15, -0.1) is 0 Å². The van der Waals surface area contributed by atoms with E-state index in [1.807, 2.05) is 12.4 Å². The first-order chi connectivity index (χ1) is 34.1. The minimum absolute atomic E-state index is 0.807. The molecule has 0 aliphatic carbocycles. The molecule has 0 atom stereocenters. The van der Waals surface area contributed by atoms with Crippen molar-refractivity contribution in [2.75, 3.05) is 0 Å². The predicted octanol–water partition coefficient (Wildman–Crippen LogP) is 16.9. The fourth-order valence-corrected chi connectivity index (χ4v) is 10.4. The summed E-state index contributed by atoms with van der Waals surface area (Å²) in [6, 6.07) is 82.9. The molecule has 0 saturated carbocycles. The fourth-order valence-electron chi connectivity index (χ4n) is 10.4. The van der Waals surface area contributed by atoms with E-state index >= 15 is 0 Å². The van der Waals surface area contributed by atoms with Crippen molar-refractivity contribution in [1.29, 1.82) is 0 Å². The maximum atomic E-state index is 6.15. The third kappa shape index (κ3) is 7.49. The van der Waals surface area contributed by atoms with Crippen LogP contribution in [0.3, 0.4) is 0 Å². The quantitative estimate of drug-likeness (QED) is 0.145. The Bertz CT molecular complexity index is 3650. The second-order valence-electron chi connectivity index (χ2n) is 17.6. The number of benzene rings is 8. The maximum Gasteiger partial charge on any atom is 0.146 e. The van der Waals surface area contributed by atoms with Crippen LogP contribution in [0.5, 0.6) is 0 Å². The molecule has 8 aromatic carbocycles. The van der Waals surface area contributed by atoms with E-state index in [2.05, 4.69) is 249 Å². The van der Waals surface area contributed by atoms with Crippen LogP contribution in [0.15, 0.2) is 243 Å². The summed E-state index contributed by atoms with van der Waals surface area (Å²) in [7, 11) is 0. The molecule has 12 rings (SSSR count). The third-order valence-electron chi connectivity index (χ3n) is 13.3. The standard InChI is InChI=1S/C65H46N4/c1-43-39-49(40-44(2)67-43)50-29-15-16-30-55(50)58-41-59(62-51(45-21-7-3-8-22-45)32-19-33-52(62)46-23-9-4-10-24-46)68-65(69-60-36-18-17-31-56(60)57-37-38-66-42-61(57)69)64(58)63-53(47-25-11-5-12-26-47)34-20-35-54(63)48-27-13-6-14-28-48/h3-42H,1-2H3. The van der Waals surface area contributed by atoms with Crippen molar-refractivity contribution in [1.82, 2.24) is 19.5 Å². The van der Waals surface area contributed by atoms with E-state index in [1.165, 1.54) is 0 Å². The highest BCUT2D eigenvalue weighted by atomic mass is 15.1. The van der Waals surface area contributed by atoms with Crippen LogP contribution in [-0.4, -0.2) is 19.5 Å². The lowest BCUT2D eigenvalue weighted by atomic mass is 9.82. The molecule has 0 radical (unpaired) electrons. The van der Waals surface area contributed by atoms with Gasteiger partial charge in [0.1, 0.15) is 5.82 Å². The molecule has 4 nitrogen and oxygen atoms in total. The molecule has 0 bridgehead atoms. The predicted molar refractivity (Wildman–Crippen MR) is 287 cm³/mol. The van der Waals surface area contributed by atoms with Crippen LogP contribution < -0.4 is 0 Å². The number of hydrogen-bond donors (Lipinski definition) is 0. The van der Waals surface area contributed by atoms with E-state index in [-0.39, 0.29) is 0 Å². The molecule has 326 valence electrons. The van der Waals surface area contributed by atoms with Crippen LogP contribution in [-0.2, 0) is 0 Å². The minimum Gasteiger partial charge on any atom is -0.292 e. The number of aryl methyl sites for hydroxylation is 2. The van der Waals surface area contributed by atoms with E-state index in [0.29, 0.717) is 0 Å². The Morgan fingerprint density at radius 2 is 0.768 bits per heavy atom. The number of nitrogens with zero attached hydrogens (tertiary/aromatic N) is 4. The summed E-state index contributed by atoms with van der Waals surface area (Å²) in [5, 5.41) is 2.24. The van der Waals surface area contributed by atoms with Crippen LogP contribution in [0, 0.1) is 13.8 Å². The second kappa shape index (κ2) is 17.7. The second-order valence-corrected chi connectivity index (χ2v) is 17.6. The Hall–Kier alpha value is -8.99. The zero-order valence-electron chi connectivity index (χ0n) is 38.4. The number of rotatable bonds is 9. The summed E-state index contributed by atoms with van der Waals surface area (Å²) < 4.78 is 2.37. The zero-order chi connectivity index (χ0) is 46.3. The monoisotopic (exact) mass is 882 g/mol. The number of hydrogen-bond acceptors (Lipinski definition) is 3. The van der Waals surface area contributed by atoms with Gasteiger partial charge in [-0.25, -0.2) is 4.98 Å². The number of pyridine rings is 3. The summed E-state index contributed by atoms with van der Waals surface area (Å²) in [6.45, 7) is 4.16. The normalized spacial score (nSPS) is 11.3. The fraction of sp³-hybridized carbons (Fsp3) is 0.0308. The first kappa shape index (κ1) is 41.4. The molecule has 0 amide bonds. The van der Waals surface area contributed by atoms with E-state index in [1.54, 1.807) is 0 Å². The average molecular weight is 883 g/mol. The van der Waals surface area contributed by atoms with Gasteiger partial charge in [0.15, 0.2) is 0 Å². The van der Waals surface area contributed by atoms with Gasteiger partial charge >= 0.3 is 0 Å². The van der Waals surface area contributed by atoms with Crippen molar-refractivity contribution in [2.24, 2.45) is 0 Å². The number of fused-ring (bicyclic) bond motifs is 3. The summed E-state index contributed by atoms with van der Waals surface area (Å²) in [5.74, 6) is 0.807.